The minimum atomic E-state index is -0.297. The zero-order valence-corrected chi connectivity index (χ0v) is 23.0. The molecule has 2 aliphatic rings. The van der Waals surface area contributed by atoms with Gasteiger partial charge in [-0.25, -0.2) is 14.4 Å². The Labute approximate surface area is 233 Å². The van der Waals surface area contributed by atoms with Gasteiger partial charge in [0.1, 0.15) is 5.82 Å². The zero-order chi connectivity index (χ0) is 27.1. The van der Waals surface area contributed by atoms with Gasteiger partial charge in [0.15, 0.2) is 0 Å². The molecule has 0 unspecified atom stereocenters. The van der Waals surface area contributed by atoms with Crippen molar-refractivity contribution in [2.24, 2.45) is 0 Å². The Kier molecular flexibility index (Phi) is 7.29. The number of nitrogens with one attached hydrogen (secondary N) is 2. The molecule has 3 heterocycles. The Balaban J connectivity index is 1.25. The minimum Gasteiger partial charge on any atom is -0.395 e. The molecule has 0 radical (unpaired) electrons. The maximum Gasteiger partial charge on any atom is 0.227 e. The second-order valence-corrected chi connectivity index (χ2v) is 11.4. The van der Waals surface area contributed by atoms with E-state index in [-0.39, 0.29) is 12.4 Å². The Bertz CT molecular complexity index is 1480. The summed E-state index contributed by atoms with van der Waals surface area (Å²) < 4.78 is 13.7. The number of nitrogens with zero attached hydrogens (tertiary/aromatic N) is 4. The fraction of sp³-hybridized carbons (Fsp3) is 0.400. The van der Waals surface area contributed by atoms with Gasteiger partial charge in [-0.2, -0.15) is 0 Å². The Morgan fingerprint density at radius 2 is 1.92 bits per heavy atom. The number of piperazine rings is 1. The quantitative estimate of drug-likeness (QED) is 0.253. The van der Waals surface area contributed by atoms with Crippen molar-refractivity contribution >= 4 is 34.1 Å². The van der Waals surface area contributed by atoms with E-state index in [1.54, 1.807) is 18.5 Å². The van der Waals surface area contributed by atoms with Crippen LogP contribution in [0.2, 0.25) is 5.02 Å². The van der Waals surface area contributed by atoms with Gasteiger partial charge in [0.25, 0.3) is 0 Å². The highest BCUT2D eigenvalue weighted by molar-refractivity contribution is 6.33. The van der Waals surface area contributed by atoms with Crippen molar-refractivity contribution in [1.82, 2.24) is 24.8 Å². The Hall–Kier alpha value is -3.04. The van der Waals surface area contributed by atoms with Gasteiger partial charge >= 0.3 is 0 Å². The van der Waals surface area contributed by atoms with Crippen LogP contribution in [0, 0.1) is 5.82 Å². The lowest BCUT2D eigenvalue weighted by Gasteiger charge is -2.44. The van der Waals surface area contributed by atoms with Gasteiger partial charge in [0, 0.05) is 66.6 Å². The summed E-state index contributed by atoms with van der Waals surface area (Å²) >= 11 is 6.52. The van der Waals surface area contributed by atoms with Gasteiger partial charge in [0.2, 0.25) is 5.95 Å². The first-order valence-corrected chi connectivity index (χ1v) is 14.0. The van der Waals surface area contributed by atoms with Crippen LogP contribution in [-0.2, 0) is 6.54 Å². The summed E-state index contributed by atoms with van der Waals surface area (Å²) in [6.45, 7) is 8.21. The third-order valence-electron chi connectivity index (χ3n) is 7.90. The van der Waals surface area contributed by atoms with Crippen molar-refractivity contribution < 1.29 is 9.50 Å². The number of hydrogen-bond donors (Lipinski definition) is 3. The second-order valence-electron chi connectivity index (χ2n) is 11.0. The summed E-state index contributed by atoms with van der Waals surface area (Å²) in [5, 5.41) is 14.2. The van der Waals surface area contributed by atoms with E-state index >= 15 is 0 Å². The number of hydrogen-bond acceptors (Lipinski definition) is 6. The van der Waals surface area contributed by atoms with Crippen LogP contribution < -0.4 is 5.32 Å². The molecule has 4 aromatic rings. The summed E-state index contributed by atoms with van der Waals surface area (Å²) in [4.78, 5) is 17.2. The molecule has 1 saturated heterocycles. The molecule has 6 rings (SSSR count). The fourth-order valence-corrected chi connectivity index (χ4v) is 6.18. The summed E-state index contributed by atoms with van der Waals surface area (Å²) in [7, 11) is 0. The van der Waals surface area contributed by atoms with Gasteiger partial charge in [-0.15, -0.1) is 0 Å². The number of β-amino-alcohol motifs (C(OH)–C–C–N with tert-alkyl or cyclic N) is 1. The van der Waals surface area contributed by atoms with Crippen molar-refractivity contribution in [3.05, 3.63) is 70.8 Å². The smallest absolute Gasteiger partial charge is 0.227 e. The highest BCUT2D eigenvalue weighted by atomic mass is 35.5. The lowest BCUT2D eigenvalue weighted by molar-refractivity contribution is 0.0238. The summed E-state index contributed by atoms with van der Waals surface area (Å²) in [6.07, 6.45) is 5.85. The van der Waals surface area contributed by atoms with Gasteiger partial charge in [-0.3, -0.25) is 9.80 Å². The van der Waals surface area contributed by atoms with Crippen LogP contribution in [-0.4, -0.2) is 68.2 Å². The van der Waals surface area contributed by atoms with E-state index in [1.807, 2.05) is 0 Å². The van der Waals surface area contributed by atoms with Crippen LogP contribution in [0.4, 0.5) is 16.0 Å². The monoisotopic (exact) mass is 548 g/mol. The van der Waals surface area contributed by atoms with Gasteiger partial charge < -0.3 is 15.4 Å². The molecule has 3 N–H and O–H groups in total. The van der Waals surface area contributed by atoms with Gasteiger partial charge in [0.05, 0.1) is 23.5 Å². The third kappa shape index (κ3) is 5.65. The van der Waals surface area contributed by atoms with Crippen molar-refractivity contribution in [2.45, 2.75) is 51.2 Å². The van der Waals surface area contributed by atoms with Crippen LogP contribution in [0.3, 0.4) is 0 Å². The molecule has 7 nitrogen and oxygen atoms in total. The van der Waals surface area contributed by atoms with E-state index in [1.165, 1.54) is 36.1 Å². The number of aliphatic hydroxyl groups excluding tert-OH is 1. The number of H-pyrrole nitrogens is 1. The molecule has 0 spiro atoms. The third-order valence-corrected chi connectivity index (χ3v) is 8.18. The molecule has 1 saturated carbocycles. The molecule has 0 amide bonds. The van der Waals surface area contributed by atoms with Crippen LogP contribution in [0.5, 0.6) is 0 Å². The highest BCUT2D eigenvalue weighted by Crippen LogP contribution is 2.42. The molecule has 2 aromatic carbocycles. The highest BCUT2D eigenvalue weighted by Gasteiger charge is 2.29. The molecule has 1 aliphatic carbocycles. The topological polar surface area (TPSA) is 80.3 Å². The summed E-state index contributed by atoms with van der Waals surface area (Å²) in [6, 6.07) is 12.2. The predicted octanol–water partition coefficient (Wildman–Crippen LogP) is 5.93. The van der Waals surface area contributed by atoms with Crippen molar-refractivity contribution in [1.29, 1.82) is 0 Å². The van der Waals surface area contributed by atoms with E-state index in [0.717, 1.165) is 42.8 Å². The second kappa shape index (κ2) is 10.8. The molecule has 2 fully saturated rings. The van der Waals surface area contributed by atoms with Crippen molar-refractivity contribution in [3.8, 4) is 11.3 Å². The van der Waals surface area contributed by atoms with Crippen molar-refractivity contribution in [3.63, 3.8) is 0 Å². The van der Waals surface area contributed by atoms with E-state index in [2.05, 4.69) is 57.1 Å². The summed E-state index contributed by atoms with van der Waals surface area (Å²) in [5.74, 6) is 0.775. The maximum absolute atomic E-state index is 13.7. The number of aromatic amines is 1. The molecule has 204 valence electrons. The largest absolute Gasteiger partial charge is 0.395 e. The molecule has 39 heavy (non-hydrogen) atoms. The number of halogens is 2. The SMILES string of the molecule is C[C@@H]1CN(Cc2cc(Nc3ncc(Cl)c(-c4c[nH]c5cc(F)ccc45)n3)cc(C3CC3)c2)C[C@H](C)N1CCO. The number of benzene rings is 2. The standard InChI is InChI=1S/C30H34ClFN6O/c1-18-15-37(16-19(2)38(18)7-8-39)17-20-9-22(21-3-4-21)11-24(10-20)35-30-34-14-27(31)29(36-30)26-13-33-28-12-23(32)5-6-25(26)28/h5-6,9-14,18-19,21,33,39H,3-4,7-8,15-17H2,1-2H3,(H,34,35,36)/t18-,19+. The number of aliphatic hydroxyl groups is 1. The first kappa shape index (κ1) is 26.2. The van der Waals surface area contributed by atoms with E-state index in [4.69, 9.17) is 16.6 Å². The normalized spacial score (nSPS) is 20.5. The van der Waals surface area contributed by atoms with Crippen LogP contribution >= 0.6 is 11.6 Å². The fourth-order valence-electron chi connectivity index (χ4n) is 5.98. The van der Waals surface area contributed by atoms with E-state index in [9.17, 15) is 9.50 Å². The predicted molar refractivity (Wildman–Crippen MR) is 154 cm³/mol. The van der Waals surface area contributed by atoms with Gasteiger partial charge in [-0.05, 0) is 74.1 Å². The zero-order valence-electron chi connectivity index (χ0n) is 22.3. The molecular weight excluding hydrogens is 515 g/mol. The first-order valence-electron chi connectivity index (χ1n) is 13.7. The maximum atomic E-state index is 13.7. The molecule has 2 aromatic heterocycles. The number of aromatic nitrogens is 3. The molecule has 9 heteroatoms. The molecule has 2 atom stereocenters. The van der Waals surface area contributed by atoms with Gasteiger partial charge in [-0.1, -0.05) is 17.7 Å². The van der Waals surface area contributed by atoms with Crippen LogP contribution in [0.25, 0.3) is 22.2 Å². The molecule has 0 bridgehead atoms. The Morgan fingerprint density at radius 3 is 2.67 bits per heavy atom. The lowest BCUT2D eigenvalue weighted by Crippen LogP contribution is -2.56. The average molecular weight is 549 g/mol. The Morgan fingerprint density at radius 1 is 1.13 bits per heavy atom. The lowest BCUT2D eigenvalue weighted by atomic mass is 10.0. The number of fused-ring (bicyclic) bond motifs is 1. The number of anilines is 2. The molecular formula is C30H34ClFN6O. The van der Waals surface area contributed by atoms with E-state index in [0.29, 0.717) is 40.2 Å². The average Bonchev–Trinajstić information content (AvgIpc) is 3.67. The van der Waals surface area contributed by atoms with Crippen LogP contribution in [0.15, 0.2) is 48.8 Å². The number of rotatable bonds is 8. The first-order chi connectivity index (χ1) is 18.9. The van der Waals surface area contributed by atoms with Crippen LogP contribution in [0.1, 0.15) is 43.7 Å². The van der Waals surface area contributed by atoms with Crippen molar-refractivity contribution in [2.75, 3.05) is 31.6 Å². The summed E-state index contributed by atoms with van der Waals surface area (Å²) in [5.41, 5.74) is 5.67. The minimum absolute atomic E-state index is 0.195. The molecule has 1 aliphatic heterocycles. The van der Waals surface area contributed by atoms with E-state index < -0.39 is 0 Å².